The van der Waals surface area contributed by atoms with Crippen LogP contribution in [0.3, 0.4) is 0 Å². The Bertz CT molecular complexity index is 1310. The first kappa shape index (κ1) is 28.4. The van der Waals surface area contributed by atoms with E-state index in [1.807, 2.05) is 0 Å². The maximum atomic E-state index is 13.5. The summed E-state index contributed by atoms with van der Waals surface area (Å²) in [5, 5.41) is 0. The molecule has 0 unspecified atom stereocenters. The molecule has 0 aliphatic carbocycles. The molecule has 1 saturated heterocycles. The van der Waals surface area contributed by atoms with E-state index in [2.05, 4.69) is 15.0 Å². The molecule has 0 radical (unpaired) electrons. The minimum Gasteiger partial charge on any atom is -0.463 e. The highest BCUT2D eigenvalue weighted by Gasteiger charge is 2.53. The molecule has 1 fully saturated rings. The molecule has 38 heavy (non-hydrogen) atoms. The van der Waals surface area contributed by atoms with E-state index in [-0.39, 0.29) is 16.9 Å². The third-order valence-corrected chi connectivity index (χ3v) is 5.46. The van der Waals surface area contributed by atoms with E-state index >= 15 is 0 Å². The van der Waals surface area contributed by atoms with Crippen molar-refractivity contribution in [3.8, 4) is 0 Å². The van der Waals surface area contributed by atoms with Gasteiger partial charge in [-0.25, -0.2) is 15.0 Å². The van der Waals surface area contributed by atoms with Crippen LogP contribution in [0.4, 0.5) is 5.82 Å². The highest BCUT2D eigenvalue weighted by Crippen LogP contribution is 2.35. The Kier molecular flexibility index (Phi) is 8.60. The summed E-state index contributed by atoms with van der Waals surface area (Å²) in [5.74, 6) is -2.64. The minimum atomic E-state index is -1.49. The molecule has 0 spiro atoms. The molecule has 15 nitrogen and oxygen atoms in total. The van der Waals surface area contributed by atoms with Crippen LogP contribution in [0.25, 0.3) is 11.2 Å². The third kappa shape index (κ3) is 6.04. The number of nitrogens with zero attached hydrogens (tertiary/aromatic N) is 5. The Morgan fingerprint density at radius 1 is 0.921 bits per heavy atom. The molecule has 5 atom stereocenters. The average Bonchev–Trinajstić information content (AvgIpc) is 2.80. The Labute approximate surface area is 217 Å². The number of fused-ring (bicyclic) bond motifs is 1. The highest BCUT2D eigenvalue weighted by atomic mass is 16.7. The molecule has 0 aromatic carbocycles. The number of ether oxygens (including phenoxy) is 5. The summed E-state index contributed by atoms with van der Waals surface area (Å²) in [6.45, 7) is 5.52. The Morgan fingerprint density at radius 3 is 2.05 bits per heavy atom. The standard InChI is InChI=1S/C23H29N5O10/c1-10-22(33)28(21-16(26-10)20(27(6)7)24-9-25-21)23-19(37-14(5)32)18(36-13(4)31)17(35-12(3)30)15(38-23)8-34-11(2)29/h9,15,17-19,23H,8H2,1-7H3/t15-,17-,18+,19-,23-/m1/s1. The molecule has 1 aliphatic heterocycles. The number of esters is 4. The lowest BCUT2D eigenvalue weighted by molar-refractivity contribution is -0.268. The van der Waals surface area contributed by atoms with Gasteiger partial charge in [0.1, 0.15) is 30.2 Å². The predicted molar refractivity (Wildman–Crippen MR) is 128 cm³/mol. The lowest BCUT2D eigenvalue weighted by atomic mass is 9.97. The second-order valence-electron chi connectivity index (χ2n) is 8.73. The van der Waals surface area contributed by atoms with Crippen molar-refractivity contribution in [2.45, 2.75) is 65.3 Å². The topological polar surface area (TPSA) is 178 Å². The van der Waals surface area contributed by atoms with Crippen molar-refractivity contribution >= 4 is 40.9 Å². The zero-order valence-corrected chi connectivity index (χ0v) is 22.0. The molecule has 0 bridgehead atoms. The van der Waals surface area contributed by atoms with Gasteiger partial charge >= 0.3 is 23.9 Å². The number of carbonyl (C=O) groups is 4. The van der Waals surface area contributed by atoms with Crippen LogP contribution in [0.15, 0.2) is 11.1 Å². The average molecular weight is 536 g/mol. The molecule has 3 rings (SSSR count). The zero-order valence-electron chi connectivity index (χ0n) is 22.0. The molecule has 1 aliphatic rings. The van der Waals surface area contributed by atoms with Crippen molar-refractivity contribution in [3.63, 3.8) is 0 Å². The van der Waals surface area contributed by atoms with Crippen molar-refractivity contribution in [1.82, 2.24) is 19.5 Å². The summed E-state index contributed by atoms with van der Waals surface area (Å²) < 4.78 is 28.7. The van der Waals surface area contributed by atoms with Crippen LogP contribution in [-0.2, 0) is 42.9 Å². The van der Waals surface area contributed by atoms with Gasteiger partial charge in [0.15, 0.2) is 36.0 Å². The first-order valence-electron chi connectivity index (χ1n) is 11.5. The normalized spacial score (nSPS) is 22.9. The van der Waals surface area contributed by atoms with E-state index < -0.39 is 66.7 Å². The molecule has 2 aromatic rings. The van der Waals surface area contributed by atoms with Gasteiger partial charge in [0.2, 0.25) is 0 Å². The molecule has 0 saturated carbocycles. The second-order valence-corrected chi connectivity index (χ2v) is 8.73. The molecule has 3 heterocycles. The molecule has 15 heteroatoms. The monoisotopic (exact) mass is 535 g/mol. The van der Waals surface area contributed by atoms with Gasteiger partial charge in [-0.05, 0) is 6.92 Å². The van der Waals surface area contributed by atoms with E-state index in [4.69, 9.17) is 23.7 Å². The predicted octanol–water partition coefficient (Wildman–Crippen LogP) is -0.183. The molecule has 2 aromatic heterocycles. The fourth-order valence-electron chi connectivity index (χ4n) is 4.10. The molecule has 206 valence electrons. The summed E-state index contributed by atoms with van der Waals surface area (Å²) in [6.07, 6.45) is -5.81. The lowest BCUT2D eigenvalue weighted by Crippen LogP contribution is -2.61. The van der Waals surface area contributed by atoms with Gasteiger partial charge in [-0.1, -0.05) is 0 Å². The number of aromatic nitrogens is 4. The van der Waals surface area contributed by atoms with Crippen molar-refractivity contribution in [2.24, 2.45) is 0 Å². The first-order valence-corrected chi connectivity index (χ1v) is 11.5. The maximum Gasteiger partial charge on any atom is 0.303 e. The van der Waals surface area contributed by atoms with E-state index in [1.54, 1.807) is 19.0 Å². The number of aryl methyl sites for hydroxylation is 1. The summed E-state index contributed by atoms with van der Waals surface area (Å²) in [7, 11) is 3.45. The first-order chi connectivity index (χ1) is 17.8. The van der Waals surface area contributed by atoms with Crippen molar-refractivity contribution < 1.29 is 42.9 Å². The van der Waals surface area contributed by atoms with Gasteiger partial charge in [-0.3, -0.25) is 28.5 Å². The van der Waals surface area contributed by atoms with Gasteiger partial charge in [-0.15, -0.1) is 0 Å². The SMILES string of the molecule is CC(=O)OC[C@H]1O[C@@H](n2c(=O)c(C)nc3c(N(C)C)ncnc32)[C@H](OC(C)=O)[C@@H](OC(C)=O)[C@@H]1OC(C)=O. The quantitative estimate of drug-likeness (QED) is 0.336. The van der Waals surface area contributed by atoms with Crippen LogP contribution in [0, 0.1) is 6.92 Å². The van der Waals surface area contributed by atoms with Gasteiger partial charge < -0.3 is 28.6 Å². The van der Waals surface area contributed by atoms with Gasteiger partial charge in [0.05, 0.1) is 0 Å². The van der Waals surface area contributed by atoms with Crippen LogP contribution in [0.5, 0.6) is 0 Å². The second kappa shape index (κ2) is 11.5. The number of carbonyl (C=O) groups excluding carboxylic acids is 4. The number of rotatable bonds is 7. The van der Waals surface area contributed by atoms with Crippen molar-refractivity contribution in [1.29, 1.82) is 0 Å². The van der Waals surface area contributed by atoms with Crippen LogP contribution in [-0.4, -0.2) is 88.5 Å². The Hall–Kier alpha value is -4.14. The van der Waals surface area contributed by atoms with Gasteiger partial charge in [0, 0.05) is 41.8 Å². The molecule has 0 N–H and O–H groups in total. The molecular weight excluding hydrogens is 506 g/mol. The van der Waals surface area contributed by atoms with Gasteiger partial charge in [-0.2, -0.15) is 0 Å². The maximum absolute atomic E-state index is 13.5. The fourth-order valence-corrected chi connectivity index (χ4v) is 4.10. The Balaban J connectivity index is 2.31. The molecular formula is C23H29N5O10. The lowest BCUT2D eigenvalue weighted by Gasteiger charge is -2.44. The van der Waals surface area contributed by atoms with E-state index in [9.17, 15) is 24.0 Å². The summed E-state index contributed by atoms with van der Waals surface area (Å²) in [4.78, 5) is 75.8. The number of anilines is 1. The third-order valence-electron chi connectivity index (χ3n) is 5.46. The number of hydrogen-bond donors (Lipinski definition) is 0. The van der Waals surface area contributed by atoms with Crippen molar-refractivity contribution in [2.75, 3.05) is 25.6 Å². The largest absolute Gasteiger partial charge is 0.463 e. The smallest absolute Gasteiger partial charge is 0.303 e. The summed E-state index contributed by atoms with van der Waals surface area (Å²) in [6, 6.07) is 0. The van der Waals surface area contributed by atoms with Crippen LogP contribution >= 0.6 is 0 Å². The van der Waals surface area contributed by atoms with Gasteiger partial charge in [0.25, 0.3) is 5.56 Å². The zero-order chi connectivity index (χ0) is 28.3. The van der Waals surface area contributed by atoms with E-state index in [0.717, 1.165) is 32.3 Å². The number of hydrogen-bond acceptors (Lipinski definition) is 14. The van der Waals surface area contributed by atoms with E-state index in [0.29, 0.717) is 5.82 Å². The Morgan fingerprint density at radius 2 is 1.50 bits per heavy atom. The van der Waals surface area contributed by atoms with Crippen molar-refractivity contribution in [3.05, 3.63) is 22.4 Å². The van der Waals surface area contributed by atoms with Crippen LogP contribution in [0.1, 0.15) is 39.6 Å². The summed E-state index contributed by atoms with van der Waals surface area (Å²) in [5.41, 5.74) is -0.340. The van der Waals surface area contributed by atoms with Crippen LogP contribution < -0.4 is 10.5 Å². The fraction of sp³-hybridized carbons (Fsp3) is 0.565. The van der Waals surface area contributed by atoms with E-state index in [1.165, 1.54) is 13.3 Å². The molecule has 0 amide bonds. The van der Waals surface area contributed by atoms with Crippen LogP contribution in [0.2, 0.25) is 0 Å². The summed E-state index contributed by atoms with van der Waals surface area (Å²) >= 11 is 0. The highest BCUT2D eigenvalue weighted by molar-refractivity contribution is 5.82. The minimum absolute atomic E-state index is 0.0280.